The van der Waals surface area contributed by atoms with Gasteiger partial charge < -0.3 is 15.6 Å². The molecule has 0 spiro atoms. The highest BCUT2D eigenvalue weighted by atomic mass is 16.1. The highest BCUT2D eigenvalue weighted by molar-refractivity contribution is 5.87. The number of carbonyl (C=O) groups excluding carboxylic acids is 1. The van der Waals surface area contributed by atoms with Crippen LogP contribution in [0.1, 0.15) is 86.8 Å². The molecular weight excluding hydrogens is 430 g/mol. The predicted octanol–water partition coefficient (Wildman–Crippen LogP) is 6.44. The number of amides is 1. The molecule has 1 atom stereocenters. The maximum atomic E-state index is 13.4. The molecule has 4 heteroatoms. The van der Waals surface area contributed by atoms with Crippen LogP contribution in [0.4, 0.5) is 0 Å². The number of nitrogens with one attached hydrogen (secondary N) is 1. The molecule has 0 radical (unpaired) electrons. The summed E-state index contributed by atoms with van der Waals surface area (Å²) in [6, 6.07) is 17.9. The van der Waals surface area contributed by atoms with E-state index in [1.807, 2.05) is 0 Å². The average molecular weight is 472 g/mol. The van der Waals surface area contributed by atoms with E-state index in [1.165, 1.54) is 59.7 Å². The van der Waals surface area contributed by atoms with Crippen molar-refractivity contribution in [1.29, 1.82) is 0 Å². The first-order valence-corrected chi connectivity index (χ1v) is 13.8. The van der Waals surface area contributed by atoms with Gasteiger partial charge in [-0.05, 0) is 74.1 Å². The summed E-state index contributed by atoms with van der Waals surface area (Å²) in [5, 5.41) is 4.63. The van der Waals surface area contributed by atoms with E-state index in [-0.39, 0.29) is 23.9 Å². The van der Waals surface area contributed by atoms with Gasteiger partial charge in [0, 0.05) is 48.1 Å². The minimum Gasteiger partial charge on any atom is -0.353 e. The molecule has 2 aromatic carbocycles. The highest BCUT2D eigenvalue weighted by Gasteiger charge is 2.27. The number of para-hydroxylation sites is 1. The van der Waals surface area contributed by atoms with Crippen LogP contribution in [-0.4, -0.2) is 22.6 Å². The van der Waals surface area contributed by atoms with Crippen LogP contribution in [0.3, 0.4) is 0 Å². The number of rotatable bonds is 7. The zero-order valence-corrected chi connectivity index (χ0v) is 21.2. The Morgan fingerprint density at radius 2 is 1.66 bits per heavy atom. The molecule has 0 aliphatic heterocycles. The van der Waals surface area contributed by atoms with Crippen LogP contribution in [0.2, 0.25) is 0 Å². The van der Waals surface area contributed by atoms with Gasteiger partial charge in [0.15, 0.2) is 0 Å². The van der Waals surface area contributed by atoms with Crippen molar-refractivity contribution in [2.45, 2.75) is 95.7 Å². The smallest absolute Gasteiger partial charge is 0.221 e. The molecule has 2 aliphatic rings. The number of hydrogen-bond acceptors (Lipinski definition) is 2. The summed E-state index contributed by atoms with van der Waals surface area (Å²) in [5.41, 5.74) is 11.2. The molecular formula is C31H41N3O. The molecule has 35 heavy (non-hydrogen) atoms. The maximum absolute atomic E-state index is 13.4. The van der Waals surface area contributed by atoms with Crippen molar-refractivity contribution in [1.82, 2.24) is 9.88 Å². The first kappa shape index (κ1) is 24.1. The first-order chi connectivity index (χ1) is 17.1. The minimum atomic E-state index is 0.0413. The third-order valence-electron chi connectivity index (χ3n) is 8.46. The van der Waals surface area contributed by atoms with E-state index < -0.39 is 0 Å². The van der Waals surface area contributed by atoms with Crippen LogP contribution in [-0.2, 0) is 11.3 Å². The Balaban J connectivity index is 1.46. The monoisotopic (exact) mass is 471 g/mol. The van der Waals surface area contributed by atoms with Crippen LogP contribution < -0.4 is 11.1 Å². The number of benzene rings is 2. The topological polar surface area (TPSA) is 60.1 Å². The second kappa shape index (κ2) is 11.0. The molecule has 2 aliphatic carbocycles. The molecule has 0 saturated heterocycles. The number of aromatic nitrogens is 1. The number of hydrogen-bond donors (Lipinski definition) is 2. The van der Waals surface area contributed by atoms with Gasteiger partial charge in [-0.25, -0.2) is 0 Å². The standard InChI is InChI=1S/C31H41N3O/c1-22-9-5-6-12-26(22)28(19-31(35)33-25-17-15-24(32)16-18-25)29-21-34(20-23-10-3-2-4-11-23)30-14-8-7-13-27(29)30/h5-9,12-14,21,23-25,28H,2-4,10-11,15-20,32H2,1H3,(H,33,35). The fraction of sp³-hybridized carbons (Fsp3) is 0.516. The lowest BCUT2D eigenvalue weighted by molar-refractivity contribution is -0.122. The van der Waals surface area contributed by atoms with Crippen molar-refractivity contribution in [2.24, 2.45) is 11.7 Å². The van der Waals surface area contributed by atoms with E-state index in [0.29, 0.717) is 6.42 Å². The summed E-state index contributed by atoms with van der Waals surface area (Å²) >= 11 is 0. The molecule has 3 N–H and O–H groups in total. The molecule has 0 bridgehead atoms. The van der Waals surface area contributed by atoms with Crippen LogP contribution in [0.5, 0.6) is 0 Å². The second-order valence-corrected chi connectivity index (χ2v) is 11.1. The van der Waals surface area contributed by atoms with E-state index in [1.54, 1.807) is 0 Å². The van der Waals surface area contributed by atoms with Crippen molar-refractivity contribution in [2.75, 3.05) is 0 Å². The van der Waals surface area contributed by atoms with Crippen molar-refractivity contribution >= 4 is 16.8 Å². The largest absolute Gasteiger partial charge is 0.353 e. The fourth-order valence-corrected chi connectivity index (χ4v) is 6.45. The Hall–Kier alpha value is -2.59. The van der Waals surface area contributed by atoms with Crippen LogP contribution in [0.25, 0.3) is 10.9 Å². The van der Waals surface area contributed by atoms with Crippen molar-refractivity contribution in [3.05, 3.63) is 71.4 Å². The van der Waals surface area contributed by atoms with Gasteiger partial charge >= 0.3 is 0 Å². The summed E-state index contributed by atoms with van der Waals surface area (Å²) in [6.45, 7) is 3.25. The summed E-state index contributed by atoms with van der Waals surface area (Å²) in [4.78, 5) is 13.4. The van der Waals surface area contributed by atoms with Gasteiger partial charge in [-0.2, -0.15) is 0 Å². The molecule has 3 aromatic rings. The average Bonchev–Trinajstić information content (AvgIpc) is 3.23. The number of nitrogens with two attached hydrogens (primary N) is 1. The Labute approximate surface area is 210 Å². The van der Waals surface area contributed by atoms with Crippen LogP contribution in [0.15, 0.2) is 54.7 Å². The number of aryl methyl sites for hydroxylation is 1. The van der Waals surface area contributed by atoms with E-state index in [2.05, 4.69) is 71.5 Å². The van der Waals surface area contributed by atoms with E-state index in [0.717, 1.165) is 38.1 Å². The van der Waals surface area contributed by atoms with Crippen LogP contribution >= 0.6 is 0 Å². The Morgan fingerprint density at radius 1 is 0.943 bits per heavy atom. The SMILES string of the molecule is Cc1ccccc1C(CC(=O)NC1CCC(N)CC1)c1cn(CC2CCCCC2)c2ccccc12. The normalized spacial score (nSPS) is 22.2. The third-order valence-corrected chi connectivity index (χ3v) is 8.46. The van der Waals surface area contributed by atoms with Crippen LogP contribution in [0, 0.1) is 12.8 Å². The zero-order chi connectivity index (χ0) is 24.2. The van der Waals surface area contributed by atoms with Gasteiger partial charge in [0.25, 0.3) is 0 Å². The van der Waals surface area contributed by atoms with Gasteiger partial charge in [-0.3, -0.25) is 4.79 Å². The lowest BCUT2D eigenvalue weighted by Crippen LogP contribution is -2.40. The molecule has 5 rings (SSSR count). The molecule has 2 fully saturated rings. The summed E-state index contributed by atoms with van der Waals surface area (Å²) < 4.78 is 2.48. The van der Waals surface area contributed by atoms with E-state index in [9.17, 15) is 4.79 Å². The molecule has 1 amide bonds. The van der Waals surface area contributed by atoms with Crippen molar-refractivity contribution < 1.29 is 4.79 Å². The van der Waals surface area contributed by atoms with Gasteiger partial charge in [0.05, 0.1) is 0 Å². The lowest BCUT2D eigenvalue weighted by Gasteiger charge is -2.28. The maximum Gasteiger partial charge on any atom is 0.221 e. The molecule has 1 unspecified atom stereocenters. The summed E-state index contributed by atoms with van der Waals surface area (Å²) in [5.74, 6) is 0.952. The highest BCUT2D eigenvalue weighted by Crippen LogP contribution is 2.37. The molecule has 4 nitrogen and oxygen atoms in total. The number of nitrogens with zero attached hydrogens (tertiary/aromatic N) is 1. The van der Waals surface area contributed by atoms with Crippen molar-refractivity contribution in [3.63, 3.8) is 0 Å². The Bertz CT molecular complexity index is 1140. The second-order valence-electron chi connectivity index (χ2n) is 11.1. The Morgan fingerprint density at radius 3 is 2.43 bits per heavy atom. The number of carbonyl (C=O) groups is 1. The Kier molecular flexibility index (Phi) is 7.57. The minimum absolute atomic E-state index is 0.0413. The quantitative estimate of drug-likeness (QED) is 0.417. The van der Waals surface area contributed by atoms with Gasteiger partial charge in [-0.15, -0.1) is 0 Å². The van der Waals surface area contributed by atoms with Gasteiger partial charge in [0.1, 0.15) is 0 Å². The lowest BCUT2D eigenvalue weighted by atomic mass is 9.85. The predicted molar refractivity (Wildman–Crippen MR) is 145 cm³/mol. The summed E-state index contributed by atoms with van der Waals surface area (Å²) in [7, 11) is 0. The number of fused-ring (bicyclic) bond motifs is 1. The summed E-state index contributed by atoms with van der Waals surface area (Å²) in [6.07, 6.45) is 13.6. The van der Waals surface area contributed by atoms with Gasteiger partial charge in [0.2, 0.25) is 5.91 Å². The molecule has 2 saturated carbocycles. The molecule has 1 aromatic heterocycles. The van der Waals surface area contributed by atoms with E-state index >= 15 is 0 Å². The van der Waals surface area contributed by atoms with E-state index in [4.69, 9.17) is 5.73 Å². The third kappa shape index (κ3) is 5.64. The molecule has 1 heterocycles. The van der Waals surface area contributed by atoms with Gasteiger partial charge in [-0.1, -0.05) is 61.7 Å². The molecule has 186 valence electrons. The zero-order valence-electron chi connectivity index (χ0n) is 21.2. The van der Waals surface area contributed by atoms with Crippen molar-refractivity contribution in [3.8, 4) is 0 Å². The first-order valence-electron chi connectivity index (χ1n) is 13.8. The fourth-order valence-electron chi connectivity index (χ4n) is 6.45.